The summed E-state index contributed by atoms with van der Waals surface area (Å²) in [7, 11) is 1.79. The van der Waals surface area contributed by atoms with Crippen LogP contribution in [0.4, 0.5) is 0 Å². The Hall–Kier alpha value is -1.99. The van der Waals surface area contributed by atoms with Gasteiger partial charge in [0.15, 0.2) is 5.65 Å². The van der Waals surface area contributed by atoms with E-state index in [2.05, 4.69) is 31.7 Å². The minimum Gasteiger partial charge on any atom is -0.299 e. The number of nitrogens with zero attached hydrogens (tertiary/aromatic N) is 5. The Morgan fingerprint density at radius 1 is 1.35 bits per heavy atom. The molecule has 0 aliphatic carbocycles. The molecule has 6 nitrogen and oxygen atoms in total. The van der Waals surface area contributed by atoms with Crippen molar-refractivity contribution in [1.29, 1.82) is 0 Å². The van der Waals surface area contributed by atoms with Gasteiger partial charge in [0.2, 0.25) is 0 Å². The number of hydrogen-bond donors (Lipinski definition) is 0. The fourth-order valence-electron chi connectivity index (χ4n) is 3.40. The Morgan fingerprint density at radius 2 is 2.17 bits per heavy atom. The fraction of sp³-hybridized carbons (Fsp3) is 0.438. The number of imidazole rings is 1. The first-order chi connectivity index (χ1) is 11.2. The van der Waals surface area contributed by atoms with Crippen LogP contribution in [0.1, 0.15) is 24.4 Å². The van der Waals surface area contributed by atoms with Crippen LogP contribution in [0.25, 0.3) is 11.2 Å². The Morgan fingerprint density at radius 3 is 2.91 bits per heavy atom. The van der Waals surface area contributed by atoms with Crippen LogP contribution in [0, 0.1) is 0 Å². The molecule has 0 bridgehead atoms. The van der Waals surface area contributed by atoms with E-state index in [4.69, 9.17) is 0 Å². The standard InChI is InChI=1S/C16H19N5OS/c1-19-14-8-17-11-18-15(14)21(16(19)22)13-2-5-20(6-3-13)9-12-4-7-23-10-12/h4,7-8,10-11,13H,2-3,5-6,9H2,1H3. The zero-order valence-corrected chi connectivity index (χ0v) is 13.9. The molecule has 0 N–H and O–H groups in total. The third kappa shape index (κ3) is 2.60. The molecule has 1 fully saturated rings. The molecule has 23 heavy (non-hydrogen) atoms. The van der Waals surface area contributed by atoms with Gasteiger partial charge in [0.1, 0.15) is 11.8 Å². The second-order valence-corrected chi connectivity index (χ2v) is 6.86. The summed E-state index contributed by atoms with van der Waals surface area (Å²) in [4.78, 5) is 23.4. The third-order valence-electron chi connectivity index (χ3n) is 4.66. The highest BCUT2D eigenvalue weighted by Gasteiger charge is 2.25. The van der Waals surface area contributed by atoms with Gasteiger partial charge in [-0.05, 0) is 35.2 Å². The molecule has 0 saturated carbocycles. The van der Waals surface area contributed by atoms with Crippen molar-refractivity contribution in [3.05, 3.63) is 45.4 Å². The van der Waals surface area contributed by atoms with Crippen LogP contribution < -0.4 is 5.69 Å². The van der Waals surface area contributed by atoms with Gasteiger partial charge in [0.05, 0.1) is 6.20 Å². The molecule has 3 aromatic rings. The van der Waals surface area contributed by atoms with Crippen LogP contribution >= 0.6 is 11.3 Å². The second kappa shape index (κ2) is 5.90. The molecule has 4 heterocycles. The summed E-state index contributed by atoms with van der Waals surface area (Å²) in [5, 5.41) is 4.33. The van der Waals surface area contributed by atoms with Crippen molar-refractivity contribution in [2.75, 3.05) is 13.1 Å². The SMILES string of the molecule is Cn1c(=O)n(C2CCN(Cc3ccsc3)CC2)c2ncncc21. The van der Waals surface area contributed by atoms with Gasteiger partial charge >= 0.3 is 5.69 Å². The maximum absolute atomic E-state index is 12.6. The van der Waals surface area contributed by atoms with Crippen molar-refractivity contribution in [2.45, 2.75) is 25.4 Å². The highest BCUT2D eigenvalue weighted by Crippen LogP contribution is 2.25. The number of likely N-dealkylation sites (tertiary alicyclic amines) is 1. The molecule has 1 aliphatic rings. The predicted octanol–water partition coefficient (Wildman–Crippen LogP) is 2.03. The quantitative estimate of drug-likeness (QED) is 0.738. The number of thiophene rings is 1. The average molecular weight is 329 g/mol. The smallest absolute Gasteiger partial charge is 0.299 e. The summed E-state index contributed by atoms with van der Waals surface area (Å²) >= 11 is 1.74. The summed E-state index contributed by atoms with van der Waals surface area (Å²) < 4.78 is 3.51. The van der Waals surface area contributed by atoms with Crippen LogP contribution in [-0.4, -0.2) is 37.1 Å². The van der Waals surface area contributed by atoms with Gasteiger partial charge in [-0.15, -0.1) is 0 Å². The Balaban J connectivity index is 1.55. The molecule has 0 atom stereocenters. The first-order valence-corrected chi connectivity index (χ1v) is 8.78. The molecule has 0 spiro atoms. The first-order valence-electron chi connectivity index (χ1n) is 7.84. The third-order valence-corrected chi connectivity index (χ3v) is 5.40. The predicted molar refractivity (Wildman–Crippen MR) is 90.6 cm³/mol. The van der Waals surface area contributed by atoms with Crippen LogP contribution in [0.5, 0.6) is 0 Å². The second-order valence-electron chi connectivity index (χ2n) is 6.08. The number of rotatable bonds is 3. The summed E-state index contributed by atoms with van der Waals surface area (Å²) in [5.41, 5.74) is 2.95. The molecule has 0 unspecified atom stereocenters. The lowest BCUT2D eigenvalue weighted by atomic mass is 10.0. The van der Waals surface area contributed by atoms with Crippen molar-refractivity contribution in [2.24, 2.45) is 7.05 Å². The largest absolute Gasteiger partial charge is 0.330 e. The normalized spacial score (nSPS) is 17.1. The van der Waals surface area contributed by atoms with Gasteiger partial charge in [0, 0.05) is 32.7 Å². The van der Waals surface area contributed by atoms with E-state index in [1.807, 2.05) is 4.57 Å². The van der Waals surface area contributed by atoms with E-state index in [9.17, 15) is 4.79 Å². The number of aryl methyl sites for hydroxylation is 1. The Labute approximate surface area is 138 Å². The van der Waals surface area contributed by atoms with Gasteiger partial charge in [0.25, 0.3) is 0 Å². The van der Waals surface area contributed by atoms with Gasteiger partial charge in [-0.2, -0.15) is 11.3 Å². The molecule has 0 aromatic carbocycles. The molecule has 0 radical (unpaired) electrons. The number of aromatic nitrogens is 4. The first kappa shape index (κ1) is 14.6. The van der Waals surface area contributed by atoms with E-state index in [-0.39, 0.29) is 11.7 Å². The average Bonchev–Trinajstić information content (AvgIpc) is 3.17. The van der Waals surface area contributed by atoms with E-state index in [1.165, 1.54) is 11.9 Å². The van der Waals surface area contributed by atoms with Crippen LogP contribution in [-0.2, 0) is 13.6 Å². The molecule has 7 heteroatoms. The molecule has 3 aromatic heterocycles. The van der Waals surface area contributed by atoms with Crippen LogP contribution in [0.15, 0.2) is 34.1 Å². The van der Waals surface area contributed by atoms with Crippen molar-refractivity contribution < 1.29 is 0 Å². The molecule has 0 amide bonds. The molecule has 4 rings (SSSR count). The van der Waals surface area contributed by atoms with Gasteiger partial charge < -0.3 is 0 Å². The van der Waals surface area contributed by atoms with Crippen molar-refractivity contribution in [3.63, 3.8) is 0 Å². The molecular weight excluding hydrogens is 310 g/mol. The molecule has 120 valence electrons. The summed E-state index contributed by atoms with van der Waals surface area (Å²) in [6, 6.07) is 2.41. The summed E-state index contributed by atoms with van der Waals surface area (Å²) in [5.74, 6) is 0. The molecular formula is C16H19N5OS. The minimum atomic E-state index is 0.0109. The number of fused-ring (bicyclic) bond motifs is 1. The maximum Gasteiger partial charge on any atom is 0.330 e. The van der Waals surface area contributed by atoms with Crippen LogP contribution in [0.3, 0.4) is 0 Å². The van der Waals surface area contributed by atoms with Gasteiger partial charge in [-0.25, -0.2) is 14.8 Å². The summed E-state index contributed by atoms with van der Waals surface area (Å²) in [6.45, 7) is 3.02. The monoisotopic (exact) mass is 329 g/mol. The lowest BCUT2D eigenvalue weighted by Gasteiger charge is -2.32. The zero-order chi connectivity index (χ0) is 15.8. The number of piperidine rings is 1. The molecule has 1 saturated heterocycles. The number of hydrogen-bond acceptors (Lipinski definition) is 5. The Bertz CT molecular complexity index is 858. The lowest BCUT2D eigenvalue weighted by Crippen LogP contribution is -2.37. The van der Waals surface area contributed by atoms with E-state index in [1.54, 1.807) is 29.1 Å². The van der Waals surface area contributed by atoms with Crippen molar-refractivity contribution >= 4 is 22.5 Å². The molecule has 1 aliphatic heterocycles. The van der Waals surface area contributed by atoms with Crippen LogP contribution in [0.2, 0.25) is 0 Å². The minimum absolute atomic E-state index is 0.0109. The van der Waals surface area contributed by atoms with Crippen molar-refractivity contribution in [1.82, 2.24) is 24.0 Å². The highest BCUT2D eigenvalue weighted by atomic mass is 32.1. The Kier molecular flexibility index (Phi) is 3.74. The zero-order valence-electron chi connectivity index (χ0n) is 13.1. The highest BCUT2D eigenvalue weighted by molar-refractivity contribution is 7.07. The fourth-order valence-corrected chi connectivity index (χ4v) is 4.06. The van der Waals surface area contributed by atoms with Gasteiger partial charge in [-0.1, -0.05) is 0 Å². The van der Waals surface area contributed by atoms with Gasteiger partial charge in [-0.3, -0.25) is 14.0 Å². The van der Waals surface area contributed by atoms with E-state index in [0.29, 0.717) is 0 Å². The van der Waals surface area contributed by atoms with E-state index < -0.39 is 0 Å². The topological polar surface area (TPSA) is 56.0 Å². The lowest BCUT2D eigenvalue weighted by molar-refractivity contribution is 0.179. The van der Waals surface area contributed by atoms with E-state index in [0.717, 1.165) is 43.6 Å². The van der Waals surface area contributed by atoms with E-state index >= 15 is 0 Å². The maximum atomic E-state index is 12.6. The van der Waals surface area contributed by atoms with Crippen molar-refractivity contribution in [3.8, 4) is 0 Å². The summed E-state index contributed by atoms with van der Waals surface area (Å²) in [6.07, 6.45) is 5.19.